The van der Waals surface area contributed by atoms with E-state index in [4.69, 9.17) is 35.0 Å². The second-order valence-corrected chi connectivity index (χ2v) is 36.6. The van der Waals surface area contributed by atoms with Crippen molar-refractivity contribution in [2.24, 2.45) is 5.92 Å². The van der Waals surface area contributed by atoms with Crippen molar-refractivity contribution >= 4 is 92.9 Å². The molecule has 1 aliphatic heterocycles. The summed E-state index contributed by atoms with van der Waals surface area (Å²) >= 11 is 0. The molecule has 1 radical (unpaired) electrons. The number of nitrogens with zero attached hydrogens (tertiary/aromatic N) is 8. The summed E-state index contributed by atoms with van der Waals surface area (Å²) in [4.78, 5) is 43.8. The number of benzene rings is 16. The molecule has 16 aromatic carbocycles. The summed E-state index contributed by atoms with van der Waals surface area (Å²) in [6, 6.07) is 130. The molecule has 0 amide bonds. The van der Waals surface area contributed by atoms with Crippen LogP contribution in [0.2, 0.25) is 0 Å². The van der Waals surface area contributed by atoms with E-state index in [-0.39, 0.29) is 67.1 Å². The number of H-pyrrole nitrogens is 1. The normalized spacial score (nSPS) is 12.6. The van der Waals surface area contributed by atoms with Gasteiger partial charge in [-0.2, -0.15) is 0 Å². The van der Waals surface area contributed by atoms with Crippen LogP contribution in [0.15, 0.2) is 376 Å². The van der Waals surface area contributed by atoms with Crippen LogP contribution in [0.4, 0.5) is 0 Å². The van der Waals surface area contributed by atoms with Crippen molar-refractivity contribution in [1.82, 2.24) is 39.0 Å². The van der Waals surface area contributed by atoms with E-state index in [1.165, 1.54) is 147 Å². The van der Waals surface area contributed by atoms with Crippen molar-refractivity contribution in [3.8, 4) is 119 Å². The molecule has 2 aliphatic carbocycles. The van der Waals surface area contributed by atoms with Gasteiger partial charge in [0.2, 0.25) is 11.5 Å². The molecule has 22 aromatic rings. The first-order chi connectivity index (χ1) is 65.1. The zero-order chi connectivity index (χ0) is 91.8. The standard InChI is InChI=1S/C44H26N4.C43H33N3.C21H22N.C9H7NO.C5H8O2.Ir.Li/c1-2-13-27(14-3-1)42-33-18-4-8-21-37(33)45-44(46-42)48-40-24-11-7-17-30(40)36-25-34-32-20-12-19-31-28-15-5-9-22-38(28)47(43(31)32)39-23-10-6-16-29(39)35(34)26-41(36)48;1-42(2)35-15-9-7-13-31(35)33-21-19-29(24-37(33)42)40-44-39(28-18-17-26-11-5-6-12-27(26)23-28)45-41(46-40)30-20-22-34-32-14-8-10-16-36(32)43(3,4)38(34)25-30;1-14(2)10-17-6-5-7-21-19(17)8-9-20(22-21)18-12-15(3)11-16(4)13-18;11-8-5-1-3-7-4-2-6-10-9(7)8;1-4(6)3-5(2)7;;/h1-26H;5-25H,1-4H3;5-9,11-12,14H,10H2,1-4H3;1-6,11H;3,6H,1-2H3;;/q;;-1;;;;+1. The summed E-state index contributed by atoms with van der Waals surface area (Å²) in [5.74, 6) is 3.35. The van der Waals surface area contributed by atoms with Crippen molar-refractivity contribution < 1.29 is 59.0 Å². The number of hydrogen-bond acceptors (Lipinski definition) is 9. The molecule has 136 heavy (non-hydrogen) atoms. The number of para-hydroxylation sites is 6. The van der Waals surface area contributed by atoms with Gasteiger partial charge in [0.05, 0.1) is 50.2 Å². The smallest absolute Gasteiger partial charge is 0.868 e. The number of carbonyl (C=O) groups excluding carboxylic acids is 1. The van der Waals surface area contributed by atoms with Crippen molar-refractivity contribution in [3.05, 3.63) is 421 Å². The Bertz CT molecular complexity index is 8370. The van der Waals surface area contributed by atoms with Crippen molar-refractivity contribution in [2.45, 2.75) is 86.5 Å². The zero-order valence-corrected chi connectivity index (χ0v) is 80.1. The molecule has 6 aromatic heterocycles. The fourth-order valence-corrected chi connectivity index (χ4v) is 20.3. The minimum absolute atomic E-state index is 0. The van der Waals surface area contributed by atoms with Gasteiger partial charge in [-0.25, -0.2) is 29.9 Å². The van der Waals surface area contributed by atoms with Crippen LogP contribution in [-0.4, -0.2) is 49.9 Å². The van der Waals surface area contributed by atoms with Crippen LogP contribution in [0, 0.1) is 25.8 Å². The topological polar surface area (TPSA) is 162 Å². The number of aliphatic hydroxyl groups is 1. The number of hydrogen-bond donors (Lipinski definition) is 1. The van der Waals surface area contributed by atoms with Crippen molar-refractivity contribution in [2.75, 3.05) is 0 Å². The van der Waals surface area contributed by atoms with Gasteiger partial charge in [0.25, 0.3) is 0 Å². The van der Waals surface area contributed by atoms with E-state index in [2.05, 4.69) is 397 Å². The molecule has 0 spiro atoms. The molecule has 657 valence electrons. The first-order valence-electron chi connectivity index (χ1n) is 45.8. The molecule has 12 nitrogen and oxygen atoms in total. The van der Waals surface area contributed by atoms with Crippen LogP contribution in [0.5, 0.6) is 5.75 Å². The molecular formula is C122H96IrLiN9O3. The molecule has 7 heterocycles. The number of rotatable bonds is 9. The number of ketones is 1. The second-order valence-electron chi connectivity index (χ2n) is 36.6. The van der Waals surface area contributed by atoms with Gasteiger partial charge < -0.3 is 14.8 Å². The summed E-state index contributed by atoms with van der Waals surface area (Å²) in [5, 5.41) is 30.0. The number of aliphatic hydroxyl groups excluding tert-OH is 1. The third-order valence-electron chi connectivity index (χ3n) is 26.3. The summed E-state index contributed by atoms with van der Waals surface area (Å²) in [5.41, 5.74) is 34.5. The maximum absolute atomic E-state index is 11.1. The molecular weight excluding hydrogens is 1840 g/mol. The summed E-state index contributed by atoms with van der Waals surface area (Å²) in [7, 11) is 0. The van der Waals surface area contributed by atoms with E-state index in [9.17, 15) is 9.90 Å². The van der Waals surface area contributed by atoms with Gasteiger partial charge in [-0.15, -0.1) is 34.9 Å². The molecule has 2 N–H and O–H groups in total. The van der Waals surface area contributed by atoms with Gasteiger partial charge in [0.1, 0.15) is 0 Å². The third kappa shape index (κ3) is 16.6. The average molecular weight is 1940 g/mol. The van der Waals surface area contributed by atoms with Crippen molar-refractivity contribution in [3.63, 3.8) is 0 Å². The Morgan fingerprint density at radius 1 is 0.419 bits per heavy atom. The predicted octanol–water partition coefficient (Wildman–Crippen LogP) is 26.1. The quantitative estimate of drug-likeness (QED) is 0.0642. The van der Waals surface area contributed by atoms with Gasteiger partial charge in [-0.05, 0) is 182 Å². The fraction of sp³-hybridized carbons (Fsp3) is 0.115. The molecule has 0 atom stereocenters. The van der Waals surface area contributed by atoms with E-state index >= 15 is 0 Å². The van der Waals surface area contributed by atoms with Crippen LogP contribution in [0.1, 0.15) is 94.3 Å². The predicted molar refractivity (Wildman–Crippen MR) is 548 cm³/mol. The number of aromatic nitrogens is 9. The van der Waals surface area contributed by atoms with E-state index in [0.717, 1.165) is 89.4 Å². The second kappa shape index (κ2) is 37.0. The summed E-state index contributed by atoms with van der Waals surface area (Å²) in [6.07, 6.45) is 4.01. The van der Waals surface area contributed by atoms with E-state index in [1.807, 2.05) is 24.3 Å². The Morgan fingerprint density at radius 3 is 1.60 bits per heavy atom. The van der Waals surface area contributed by atoms with Gasteiger partial charge in [0, 0.05) is 114 Å². The van der Waals surface area contributed by atoms with Crippen LogP contribution in [-0.2, 0) is 42.2 Å². The van der Waals surface area contributed by atoms with Crippen LogP contribution < -0.4 is 29.0 Å². The van der Waals surface area contributed by atoms with Gasteiger partial charge in [0.15, 0.2) is 29.5 Å². The Hall–Kier alpha value is -15.2. The molecule has 0 saturated carbocycles. The monoisotopic (exact) mass is 1930 g/mol. The summed E-state index contributed by atoms with van der Waals surface area (Å²) in [6.45, 7) is 20.8. The molecule has 3 aliphatic rings. The average Bonchev–Trinajstić information content (AvgIpc) is 1.54. The molecule has 0 fully saturated rings. The molecule has 14 heteroatoms. The number of pyridine rings is 2. The minimum Gasteiger partial charge on any atom is -0.868 e. The van der Waals surface area contributed by atoms with Crippen LogP contribution in [0.25, 0.3) is 200 Å². The molecule has 25 rings (SSSR count). The molecule has 0 saturated heterocycles. The van der Waals surface area contributed by atoms with E-state index in [1.54, 1.807) is 18.3 Å². The first-order valence-corrected chi connectivity index (χ1v) is 45.8. The maximum atomic E-state index is 11.1. The molecule has 0 bridgehead atoms. The number of aryl methyl sites for hydroxylation is 2. The van der Waals surface area contributed by atoms with Crippen LogP contribution >= 0.6 is 0 Å². The van der Waals surface area contributed by atoms with E-state index < -0.39 is 0 Å². The minimum atomic E-state index is -0.125. The number of allylic oxidation sites excluding steroid dienone is 2. The Balaban J connectivity index is 0.000000124. The van der Waals surface area contributed by atoms with E-state index in [0.29, 0.717) is 34.9 Å². The Kier molecular flexibility index (Phi) is 24.5. The van der Waals surface area contributed by atoms with Crippen molar-refractivity contribution in [1.29, 1.82) is 0 Å². The van der Waals surface area contributed by atoms with Gasteiger partial charge in [-0.3, -0.25) is 14.3 Å². The Morgan fingerprint density at radius 2 is 0.941 bits per heavy atom. The number of nitrogens with one attached hydrogen (secondary N) is 1. The maximum Gasteiger partial charge on any atom is 1.00 e. The SMILES string of the molecule is CC(=O)C=C(C)O.CC1(C)c2ccccc2-c2ccc(-c3nc(-c4ccc5c(c4)C(C)(C)c4ccccc4-5)nc(-c4ccc5ccccc5c4)n3)cc21.Cc1[c-]c(-c2ccc3c(CC(C)C)cccc3n2)cc(C)c1.[Ir].[Li+].[O-]c1cccc2ccc[nH+]c12.c1ccc(-c2nc(-n3c4ccccc4c4cc5c(cc43)-c3ccccc3-n3c4ccccc4c4cccc-5c43)nc3ccccc23)cc1. The first kappa shape index (κ1) is 90.0. The molecule has 0 unspecified atom stereocenters. The third-order valence-corrected chi connectivity index (χ3v) is 26.3. The number of fused-ring (bicyclic) bond motifs is 21. The number of aromatic amines is 1. The van der Waals surface area contributed by atoms with Gasteiger partial charge >= 0.3 is 18.9 Å². The Labute approximate surface area is 816 Å². The van der Waals surface area contributed by atoms with Crippen LogP contribution in [0.3, 0.4) is 0 Å². The number of carbonyl (C=O) groups is 1. The fourth-order valence-electron chi connectivity index (χ4n) is 20.3. The zero-order valence-electron chi connectivity index (χ0n) is 77.7. The largest absolute Gasteiger partial charge is 1.00 e. The summed E-state index contributed by atoms with van der Waals surface area (Å²) < 4.78 is 4.72. The van der Waals surface area contributed by atoms with Gasteiger partial charge in [-0.1, -0.05) is 322 Å².